The Morgan fingerprint density at radius 3 is 2.39 bits per heavy atom. The zero-order chi connectivity index (χ0) is 17.6. The summed E-state index contributed by atoms with van der Waals surface area (Å²) in [7, 11) is 1.13. The Hall–Kier alpha value is -2.90. The second kappa shape index (κ2) is 7.39. The number of carbonyl (C=O) groups excluding carboxylic acids is 2. The lowest BCUT2D eigenvalue weighted by Crippen LogP contribution is -2.34. The summed E-state index contributed by atoms with van der Waals surface area (Å²) in [6, 6.07) is 5.79. The van der Waals surface area contributed by atoms with Gasteiger partial charge in [0.05, 0.1) is 17.6 Å². The molecule has 0 saturated heterocycles. The average Bonchev–Trinajstić information content (AvgIpc) is 2.44. The number of rotatable bonds is 4. The number of nitro groups is 1. The van der Waals surface area contributed by atoms with Crippen LogP contribution in [0.5, 0.6) is 0 Å². The minimum absolute atomic E-state index is 0.147. The smallest absolute Gasteiger partial charge is 0.412 e. The van der Waals surface area contributed by atoms with Crippen LogP contribution in [0.25, 0.3) is 6.08 Å². The molecule has 0 bridgehead atoms. The first-order valence-electron chi connectivity index (χ1n) is 6.67. The van der Waals surface area contributed by atoms with Gasteiger partial charge in [-0.05, 0) is 32.9 Å². The number of para-hydroxylation sites is 1. The van der Waals surface area contributed by atoms with E-state index in [0.717, 1.165) is 13.2 Å². The third-order valence-corrected chi connectivity index (χ3v) is 2.47. The fraction of sp³-hybridized carbons (Fsp3) is 0.333. The van der Waals surface area contributed by atoms with Gasteiger partial charge in [0, 0.05) is 6.07 Å². The summed E-state index contributed by atoms with van der Waals surface area (Å²) in [5.41, 5.74) is -1.09. The number of esters is 1. The Morgan fingerprint density at radius 2 is 1.87 bits per heavy atom. The van der Waals surface area contributed by atoms with Gasteiger partial charge in [-0.25, -0.2) is 9.59 Å². The third kappa shape index (κ3) is 5.77. The van der Waals surface area contributed by atoms with E-state index in [0.29, 0.717) is 0 Å². The number of nitrogens with zero attached hydrogens (tertiary/aromatic N) is 1. The molecule has 0 aliphatic rings. The lowest BCUT2D eigenvalue weighted by atomic mass is 10.1. The molecule has 1 rings (SSSR count). The van der Waals surface area contributed by atoms with Crippen LogP contribution in [0.4, 0.5) is 10.5 Å². The number of hydrogen-bond acceptors (Lipinski definition) is 6. The lowest BCUT2D eigenvalue weighted by molar-refractivity contribution is -0.385. The maximum Gasteiger partial charge on any atom is 0.412 e. The third-order valence-electron chi connectivity index (χ3n) is 2.47. The molecule has 0 saturated carbocycles. The average molecular weight is 322 g/mol. The van der Waals surface area contributed by atoms with Crippen LogP contribution in [0.3, 0.4) is 0 Å². The molecule has 1 aromatic carbocycles. The number of amides is 1. The summed E-state index contributed by atoms with van der Waals surface area (Å²) in [5.74, 6) is -0.853. The van der Waals surface area contributed by atoms with E-state index >= 15 is 0 Å². The second-order valence-electron chi connectivity index (χ2n) is 5.49. The normalized spacial score (nSPS) is 11.6. The van der Waals surface area contributed by atoms with Crippen molar-refractivity contribution in [2.75, 3.05) is 7.11 Å². The number of nitro benzene ring substituents is 1. The predicted octanol–water partition coefficient (Wildman–Crippen LogP) is 2.63. The van der Waals surface area contributed by atoms with E-state index in [1.807, 2.05) is 0 Å². The molecule has 0 aromatic heterocycles. The van der Waals surface area contributed by atoms with Crippen molar-refractivity contribution in [3.63, 3.8) is 0 Å². The molecule has 0 aliphatic carbocycles. The molecule has 1 N–H and O–H groups in total. The molecule has 8 nitrogen and oxygen atoms in total. The second-order valence-corrected chi connectivity index (χ2v) is 5.49. The van der Waals surface area contributed by atoms with Gasteiger partial charge in [-0.15, -0.1) is 0 Å². The Morgan fingerprint density at radius 1 is 1.26 bits per heavy atom. The van der Waals surface area contributed by atoms with Crippen molar-refractivity contribution >= 4 is 23.8 Å². The van der Waals surface area contributed by atoms with Crippen molar-refractivity contribution in [2.45, 2.75) is 26.4 Å². The van der Waals surface area contributed by atoms with Gasteiger partial charge in [0.2, 0.25) is 0 Å². The Bertz CT molecular complexity index is 646. The maximum atomic E-state index is 11.8. The first kappa shape index (κ1) is 18.1. The highest BCUT2D eigenvalue weighted by molar-refractivity contribution is 5.97. The van der Waals surface area contributed by atoms with Crippen LogP contribution in [0.2, 0.25) is 0 Å². The summed E-state index contributed by atoms with van der Waals surface area (Å²) in [6.45, 7) is 4.99. The molecule has 23 heavy (non-hydrogen) atoms. The van der Waals surface area contributed by atoms with Crippen molar-refractivity contribution in [2.24, 2.45) is 0 Å². The highest BCUT2D eigenvalue weighted by atomic mass is 16.6. The highest BCUT2D eigenvalue weighted by Crippen LogP contribution is 2.20. The topological polar surface area (TPSA) is 108 Å². The first-order valence-corrected chi connectivity index (χ1v) is 6.67. The van der Waals surface area contributed by atoms with E-state index in [9.17, 15) is 19.7 Å². The fourth-order valence-electron chi connectivity index (χ4n) is 1.60. The maximum absolute atomic E-state index is 11.8. The van der Waals surface area contributed by atoms with Gasteiger partial charge in [0.1, 0.15) is 11.3 Å². The van der Waals surface area contributed by atoms with E-state index in [4.69, 9.17) is 4.74 Å². The summed E-state index contributed by atoms with van der Waals surface area (Å²) in [6.07, 6.45) is 0.293. The minimum atomic E-state index is -0.868. The molecule has 0 unspecified atom stereocenters. The molecular formula is C15H18N2O6. The van der Waals surface area contributed by atoms with Gasteiger partial charge < -0.3 is 9.47 Å². The van der Waals surface area contributed by atoms with Gasteiger partial charge in [-0.1, -0.05) is 12.1 Å². The van der Waals surface area contributed by atoms with Gasteiger partial charge >= 0.3 is 12.1 Å². The molecule has 0 spiro atoms. The molecule has 1 aromatic rings. The van der Waals surface area contributed by atoms with E-state index < -0.39 is 22.6 Å². The standard InChI is InChI=1S/C15H18N2O6/c1-15(2,3)23-14(19)16-11(13(18)22-4)9-10-7-5-6-8-12(10)17(20)21/h5-9H,1-4H3,(H,16,19)/b11-9-. The predicted molar refractivity (Wildman–Crippen MR) is 82.5 cm³/mol. The zero-order valence-electron chi connectivity index (χ0n) is 13.3. The highest BCUT2D eigenvalue weighted by Gasteiger charge is 2.21. The molecular weight excluding hydrogens is 304 g/mol. The van der Waals surface area contributed by atoms with Crippen LogP contribution < -0.4 is 5.32 Å². The van der Waals surface area contributed by atoms with Crippen LogP contribution in [0.15, 0.2) is 30.0 Å². The van der Waals surface area contributed by atoms with Crippen molar-refractivity contribution < 1.29 is 24.0 Å². The Labute approximate surface area is 133 Å². The van der Waals surface area contributed by atoms with Crippen LogP contribution in [0.1, 0.15) is 26.3 Å². The van der Waals surface area contributed by atoms with Crippen molar-refractivity contribution in [1.82, 2.24) is 5.32 Å². The number of ether oxygens (including phenoxy) is 2. The molecule has 0 aliphatic heterocycles. The number of alkyl carbamates (subject to hydrolysis) is 1. The zero-order valence-corrected chi connectivity index (χ0v) is 13.3. The number of hydrogen-bond donors (Lipinski definition) is 1. The molecule has 8 heteroatoms. The Kier molecular flexibility index (Phi) is 5.83. The van der Waals surface area contributed by atoms with E-state index in [-0.39, 0.29) is 16.9 Å². The van der Waals surface area contributed by atoms with Gasteiger partial charge in [0.15, 0.2) is 0 Å². The quantitative estimate of drug-likeness (QED) is 0.395. The molecule has 0 heterocycles. The van der Waals surface area contributed by atoms with E-state index in [1.165, 1.54) is 18.2 Å². The molecule has 124 valence electrons. The van der Waals surface area contributed by atoms with Crippen molar-refractivity contribution in [1.29, 1.82) is 0 Å². The summed E-state index contributed by atoms with van der Waals surface area (Å²) in [5, 5.41) is 13.2. The Balaban J connectivity index is 3.15. The van der Waals surface area contributed by atoms with Gasteiger partial charge in [-0.3, -0.25) is 15.4 Å². The van der Waals surface area contributed by atoms with Crippen LogP contribution >= 0.6 is 0 Å². The molecule has 0 radical (unpaired) electrons. The molecule has 0 fully saturated rings. The van der Waals surface area contributed by atoms with Crippen LogP contribution in [-0.4, -0.2) is 29.7 Å². The van der Waals surface area contributed by atoms with Crippen molar-refractivity contribution in [3.05, 3.63) is 45.6 Å². The van der Waals surface area contributed by atoms with Crippen LogP contribution in [-0.2, 0) is 14.3 Å². The summed E-state index contributed by atoms with van der Waals surface area (Å²) < 4.78 is 9.61. The van der Waals surface area contributed by atoms with Crippen LogP contribution in [0, 0.1) is 10.1 Å². The monoisotopic (exact) mass is 322 g/mol. The summed E-state index contributed by atoms with van der Waals surface area (Å²) in [4.78, 5) is 34.0. The van der Waals surface area contributed by atoms with Gasteiger partial charge in [-0.2, -0.15) is 0 Å². The number of carbonyl (C=O) groups is 2. The first-order chi connectivity index (χ1) is 10.6. The van der Waals surface area contributed by atoms with Gasteiger partial charge in [0.25, 0.3) is 5.69 Å². The minimum Gasteiger partial charge on any atom is -0.464 e. The molecule has 0 atom stereocenters. The molecule has 1 amide bonds. The number of benzene rings is 1. The van der Waals surface area contributed by atoms with E-state index in [2.05, 4.69) is 10.1 Å². The number of methoxy groups -OCH3 is 1. The van der Waals surface area contributed by atoms with Crippen molar-refractivity contribution in [3.8, 4) is 0 Å². The lowest BCUT2D eigenvalue weighted by Gasteiger charge is -2.20. The fourth-order valence-corrected chi connectivity index (χ4v) is 1.60. The SMILES string of the molecule is COC(=O)/C(=C/c1ccccc1[N+](=O)[O-])NC(=O)OC(C)(C)C. The summed E-state index contributed by atoms with van der Waals surface area (Å²) >= 11 is 0. The largest absolute Gasteiger partial charge is 0.464 e. The van der Waals surface area contributed by atoms with E-state index in [1.54, 1.807) is 26.8 Å². The number of nitrogens with one attached hydrogen (secondary N) is 1.